The predicted molar refractivity (Wildman–Crippen MR) is 99.1 cm³/mol. The number of aldehydes is 2. The van der Waals surface area contributed by atoms with E-state index in [0.29, 0.717) is 6.29 Å². The van der Waals surface area contributed by atoms with E-state index in [9.17, 15) is 4.79 Å². The first-order chi connectivity index (χ1) is 10.6. The van der Waals surface area contributed by atoms with Crippen molar-refractivity contribution in [3.05, 3.63) is 37.0 Å². The standard InChI is InChI=1S/C9H14O.C8H18.C3H4O/c1-2-3-4-5-6-7-8-9-10;1-4-6-8(3)7-5-2;1-2-3-4/h5-9H,2-4H2,1H3;8H,4-7H2,1-3H3;2-3H,1H2/b6-5+,8-7+;;. The lowest BCUT2D eigenvalue weighted by atomic mass is 10.0. The first kappa shape index (κ1) is 25.5. The quantitative estimate of drug-likeness (QED) is 0.212. The van der Waals surface area contributed by atoms with E-state index >= 15 is 0 Å². The number of allylic oxidation sites excluding steroid dienone is 5. The summed E-state index contributed by atoms with van der Waals surface area (Å²) < 4.78 is 0. The second-order valence-corrected chi connectivity index (χ2v) is 5.15. The number of carbonyl (C=O) groups is 2. The van der Waals surface area contributed by atoms with Gasteiger partial charge in [-0.1, -0.05) is 91.0 Å². The zero-order valence-corrected chi connectivity index (χ0v) is 15.1. The molecule has 0 aromatic rings. The molecule has 0 atom stereocenters. The van der Waals surface area contributed by atoms with Crippen LogP contribution in [0.4, 0.5) is 0 Å². The van der Waals surface area contributed by atoms with Crippen LogP contribution >= 0.6 is 0 Å². The van der Waals surface area contributed by atoms with Crippen LogP contribution in [0.3, 0.4) is 0 Å². The number of rotatable bonds is 10. The molecule has 128 valence electrons. The van der Waals surface area contributed by atoms with Gasteiger partial charge in [0.2, 0.25) is 0 Å². The van der Waals surface area contributed by atoms with Gasteiger partial charge in [0.1, 0.15) is 12.6 Å². The third-order valence-corrected chi connectivity index (χ3v) is 2.82. The van der Waals surface area contributed by atoms with Gasteiger partial charge in [-0.2, -0.15) is 0 Å². The Labute approximate surface area is 138 Å². The van der Waals surface area contributed by atoms with Gasteiger partial charge < -0.3 is 0 Å². The fraction of sp³-hybridized carbons (Fsp3) is 0.600. The molecule has 0 heterocycles. The van der Waals surface area contributed by atoms with E-state index in [1.165, 1.54) is 50.7 Å². The molecule has 2 nitrogen and oxygen atoms in total. The molecule has 2 heteroatoms. The monoisotopic (exact) mass is 308 g/mol. The number of hydrogen-bond acceptors (Lipinski definition) is 2. The van der Waals surface area contributed by atoms with Crippen molar-refractivity contribution >= 4 is 12.6 Å². The van der Waals surface area contributed by atoms with Gasteiger partial charge in [-0.3, -0.25) is 9.59 Å². The van der Waals surface area contributed by atoms with E-state index in [1.54, 1.807) is 6.08 Å². The van der Waals surface area contributed by atoms with Crippen molar-refractivity contribution in [1.29, 1.82) is 0 Å². The Hall–Kier alpha value is -1.44. The van der Waals surface area contributed by atoms with Gasteiger partial charge in [0, 0.05) is 0 Å². The highest BCUT2D eigenvalue weighted by Crippen LogP contribution is 2.10. The average molecular weight is 309 g/mol. The van der Waals surface area contributed by atoms with Gasteiger partial charge in [0.25, 0.3) is 0 Å². The SMILES string of the molecule is C=CC=O.CCCC(C)CCC.CCCC/C=C/C=C/C=O. The topological polar surface area (TPSA) is 34.1 Å². The lowest BCUT2D eigenvalue weighted by Gasteiger charge is -2.05. The Morgan fingerprint density at radius 2 is 1.41 bits per heavy atom. The molecule has 0 aliphatic carbocycles. The van der Waals surface area contributed by atoms with Crippen LogP contribution in [0, 0.1) is 5.92 Å². The van der Waals surface area contributed by atoms with Gasteiger partial charge in [-0.25, -0.2) is 0 Å². The largest absolute Gasteiger partial charge is 0.299 e. The summed E-state index contributed by atoms with van der Waals surface area (Å²) in [6.07, 6.45) is 18.9. The molecule has 0 aromatic heterocycles. The number of unbranched alkanes of at least 4 members (excludes halogenated alkanes) is 2. The second-order valence-electron chi connectivity index (χ2n) is 5.15. The fourth-order valence-electron chi connectivity index (χ4n) is 1.74. The zero-order chi connectivity index (χ0) is 17.5. The molecule has 0 N–H and O–H groups in total. The van der Waals surface area contributed by atoms with Crippen LogP contribution in [-0.2, 0) is 9.59 Å². The lowest BCUT2D eigenvalue weighted by Crippen LogP contribution is -1.91. The Morgan fingerprint density at radius 1 is 0.864 bits per heavy atom. The summed E-state index contributed by atoms with van der Waals surface area (Å²) in [5.74, 6) is 0.963. The Morgan fingerprint density at radius 3 is 1.77 bits per heavy atom. The molecule has 0 aliphatic heterocycles. The van der Waals surface area contributed by atoms with Crippen LogP contribution in [0.25, 0.3) is 0 Å². The first-order valence-corrected chi connectivity index (χ1v) is 8.47. The minimum Gasteiger partial charge on any atom is -0.299 e. The maximum Gasteiger partial charge on any atom is 0.142 e. The van der Waals surface area contributed by atoms with Crippen LogP contribution in [0.5, 0.6) is 0 Å². The molecule has 0 aliphatic rings. The molecule has 0 spiro atoms. The Bertz CT molecular complexity index is 265. The van der Waals surface area contributed by atoms with Crippen molar-refractivity contribution in [1.82, 2.24) is 0 Å². The Balaban J connectivity index is -0.000000269. The molecular formula is C20H36O2. The van der Waals surface area contributed by atoms with Crippen LogP contribution in [0.1, 0.15) is 72.6 Å². The summed E-state index contributed by atoms with van der Waals surface area (Å²) in [5.41, 5.74) is 0. The minimum absolute atomic E-state index is 0.639. The van der Waals surface area contributed by atoms with Crippen LogP contribution in [0.2, 0.25) is 0 Å². The first-order valence-electron chi connectivity index (χ1n) is 8.47. The van der Waals surface area contributed by atoms with Crippen molar-refractivity contribution < 1.29 is 9.59 Å². The summed E-state index contributed by atoms with van der Waals surface area (Å²) in [6, 6.07) is 0. The van der Waals surface area contributed by atoms with E-state index < -0.39 is 0 Å². The molecule has 0 bridgehead atoms. The highest BCUT2D eigenvalue weighted by Gasteiger charge is 1.95. The van der Waals surface area contributed by atoms with Gasteiger partial charge in [0.15, 0.2) is 0 Å². The van der Waals surface area contributed by atoms with Crippen LogP contribution < -0.4 is 0 Å². The summed E-state index contributed by atoms with van der Waals surface area (Å²) in [6.45, 7) is 12.1. The van der Waals surface area contributed by atoms with Gasteiger partial charge in [-0.05, 0) is 24.5 Å². The highest BCUT2D eigenvalue weighted by atomic mass is 16.1. The maximum atomic E-state index is 9.77. The summed E-state index contributed by atoms with van der Waals surface area (Å²) >= 11 is 0. The molecule has 0 aromatic carbocycles. The molecule has 0 rings (SSSR count). The van der Waals surface area contributed by atoms with Crippen molar-refractivity contribution in [2.75, 3.05) is 0 Å². The lowest BCUT2D eigenvalue weighted by molar-refractivity contribution is -0.104. The third-order valence-electron chi connectivity index (χ3n) is 2.82. The zero-order valence-electron chi connectivity index (χ0n) is 15.1. The normalized spacial score (nSPS) is 9.86. The van der Waals surface area contributed by atoms with E-state index in [0.717, 1.165) is 18.6 Å². The maximum absolute atomic E-state index is 9.77. The molecule has 0 unspecified atom stereocenters. The smallest absolute Gasteiger partial charge is 0.142 e. The van der Waals surface area contributed by atoms with Crippen molar-refractivity contribution in [2.24, 2.45) is 5.92 Å². The summed E-state index contributed by atoms with van der Waals surface area (Å²) in [4.78, 5) is 18.8. The van der Waals surface area contributed by atoms with E-state index in [-0.39, 0.29) is 0 Å². The van der Waals surface area contributed by atoms with Crippen LogP contribution in [-0.4, -0.2) is 12.6 Å². The summed E-state index contributed by atoms with van der Waals surface area (Å²) in [7, 11) is 0. The minimum atomic E-state index is 0.639. The average Bonchev–Trinajstić information content (AvgIpc) is 2.52. The van der Waals surface area contributed by atoms with Gasteiger partial charge in [0.05, 0.1) is 0 Å². The Kier molecular flexibility index (Phi) is 32.3. The van der Waals surface area contributed by atoms with E-state index in [2.05, 4.69) is 40.3 Å². The second kappa shape index (κ2) is 27.8. The molecule has 0 amide bonds. The third kappa shape index (κ3) is 36.3. The highest BCUT2D eigenvalue weighted by molar-refractivity contribution is 5.65. The van der Waals surface area contributed by atoms with Crippen molar-refractivity contribution in [3.8, 4) is 0 Å². The number of hydrogen-bond donors (Lipinski definition) is 0. The molecule has 0 radical (unpaired) electrons. The molecule has 0 fully saturated rings. The molecular weight excluding hydrogens is 272 g/mol. The molecule has 0 saturated heterocycles. The molecule has 0 saturated carbocycles. The van der Waals surface area contributed by atoms with Crippen molar-refractivity contribution in [2.45, 2.75) is 72.6 Å². The van der Waals surface area contributed by atoms with E-state index in [1.807, 2.05) is 6.08 Å². The van der Waals surface area contributed by atoms with Crippen LogP contribution in [0.15, 0.2) is 37.0 Å². The van der Waals surface area contributed by atoms with E-state index in [4.69, 9.17) is 4.79 Å². The number of carbonyl (C=O) groups excluding carboxylic acids is 2. The van der Waals surface area contributed by atoms with Gasteiger partial charge in [-0.15, -0.1) is 0 Å². The van der Waals surface area contributed by atoms with Crippen molar-refractivity contribution in [3.63, 3.8) is 0 Å². The summed E-state index contributed by atoms with van der Waals surface area (Å²) in [5, 5.41) is 0. The predicted octanol–water partition coefficient (Wildman–Crippen LogP) is 6.08. The fourth-order valence-corrected chi connectivity index (χ4v) is 1.74. The molecule has 22 heavy (non-hydrogen) atoms. The van der Waals surface area contributed by atoms with Gasteiger partial charge >= 0.3 is 0 Å².